The maximum absolute atomic E-state index is 13.6. The smallest absolute Gasteiger partial charge is 0.338 e. The number of benzene rings is 3. The van der Waals surface area contributed by atoms with Gasteiger partial charge in [-0.2, -0.15) is 0 Å². The quantitative estimate of drug-likeness (QED) is 0.363. The van der Waals surface area contributed by atoms with E-state index in [1.165, 1.54) is 0 Å². The molecule has 132 valence electrons. The fourth-order valence-corrected chi connectivity index (χ4v) is 4.56. The summed E-state index contributed by atoms with van der Waals surface area (Å²) in [6.45, 7) is 0.0665. The van der Waals surface area contributed by atoms with E-state index in [0.717, 1.165) is 0 Å². The first-order chi connectivity index (χ1) is 12.7. The molecule has 0 aliphatic rings. The van der Waals surface area contributed by atoms with E-state index in [2.05, 4.69) is 0 Å². The van der Waals surface area contributed by atoms with E-state index in [-0.39, 0.29) is 13.2 Å². The Morgan fingerprint density at radius 2 is 1.15 bits per heavy atom. The van der Waals surface area contributed by atoms with Crippen LogP contribution >= 0.6 is 7.37 Å². The van der Waals surface area contributed by atoms with Crippen molar-refractivity contribution in [3.63, 3.8) is 0 Å². The lowest BCUT2D eigenvalue weighted by molar-refractivity contribution is 0.0453. The molecule has 3 aromatic carbocycles. The molecule has 0 heterocycles. The SMILES string of the molecule is O=C(OCCOP(=O)(c1ccccc1)c1ccccc1)c1ccccc1. The summed E-state index contributed by atoms with van der Waals surface area (Å²) in [6, 6.07) is 26.9. The van der Waals surface area contributed by atoms with Crippen molar-refractivity contribution >= 4 is 23.9 Å². The fraction of sp³-hybridized carbons (Fsp3) is 0.0952. The molecular formula is C21H19O4P. The van der Waals surface area contributed by atoms with Crippen molar-refractivity contribution in [1.29, 1.82) is 0 Å². The van der Waals surface area contributed by atoms with Crippen molar-refractivity contribution in [1.82, 2.24) is 0 Å². The molecule has 0 N–H and O–H groups in total. The largest absolute Gasteiger partial charge is 0.460 e. The summed E-state index contributed by atoms with van der Waals surface area (Å²) in [5.74, 6) is -0.427. The van der Waals surface area contributed by atoms with Crippen molar-refractivity contribution in [3.05, 3.63) is 96.6 Å². The molecule has 5 heteroatoms. The molecule has 3 rings (SSSR count). The zero-order valence-electron chi connectivity index (χ0n) is 14.2. The lowest BCUT2D eigenvalue weighted by Gasteiger charge is -2.19. The number of hydrogen-bond donors (Lipinski definition) is 0. The van der Waals surface area contributed by atoms with Crippen LogP contribution in [-0.2, 0) is 13.8 Å². The van der Waals surface area contributed by atoms with E-state index in [1.54, 1.807) is 48.5 Å². The van der Waals surface area contributed by atoms with Gasteiger partial charge in [-0.3, -0.25) is 4.57 Å². The summed E-state index contributed by atoms with van der Waals surface area (Å²) in [5, 5.41) is 1.22. The number of ether oxygens (including phenoxy) is 1. The summed E-state index contributed by atoms with van der Waals surface area (Å²) in [7, 11) is -3.25. The van der Waals surface area contributed by atoms with Gasteiger partial charge in [0.15, 0.2) is 0 Å². The molecule has 0 bridgehead atoms. The molecule has 3 aromatic rings. The van der Waals surface area contributed by atoms with Gasteiger partial charge < -0.3 is 9.26 Å². The molecule has 4 nitrogen and oxygen atoms in total. The second-order valence-electron chi connectivity index (χ2n) is 5.56. The average Bonchev–Trinajstić information content (AvgIpc) is 2.73. The number of esters is 1. The van der Waals surface area contributed by atoms with Gasteiger partial charge in [0, 0.05) is 10.6 Å². The van der Waals surface area contributed by atoms with Crippen molar-refractivity contribution in [2.75, 3.05) is 13.2 Å². The Bertz CT molecular complexity index is 836. The standard InChI is InChI=1S/C21H19O4P/c22-21(18-10-4-1-5-11-18)24-16-17-25-26(23,19-12-6-2-7-13-19)20-14-8-3-9-15-20/h1-15H,16-17H2. The maximum atomic E-state index is 13.6. The molecular weight excluding hydrogens is 347 g/mol. The lowest BCUT2D eigenvalue weighted by atomic mass is 10.2. The van der Waals surface area contributed by atoms with Crippen LogP contribution < -0.4 is 10.6 Å². The van der Waals surface area contributed by atoms with E-state index in [1.807, 2.05) is 42.5 Å². The van der Waals surface area contributed by atoms with Crippen LogP contribution in [0.4, 0.5) is 0 Å². The molecule has 0 amide bonds. The predicted octanol–water partition coefficient (Wildman–Crippen LogP) is 3.79. The van der Waals surface area contributed by atoms with Gasteiger partial charge in [-0.1, -0.05) is 54.6 Å². The van der Waals surface area contributed by atoms with E-state index in [4.69, 9.17) is 9.26 Å². The highest BCUT2D eigenvalue weighted by molar-refractivity contribution is 7.74. The highest BCUT2D eigenvalue weighted by atomic mass is 31.2. The van der Waals surface area contributed by atoms with Gasteiger partial charge in [0.25, 0.3) is 7.37 Å². The second-order valence-corrected chi connectivity index (χ2v) is 7.95. The van der Waals surface area contributed by atoms with E-state index >= 15 is 0 Å². The van der Waals surface area contributed by atoms with Crippen LogP contribution in [0.2, 0.25) is 0 Å². The second kappa shape index (κ2) is 8.61. The van der Waals surface area contributed by atoms with Crippen LogP contribution in [-0.4, -0.2) is 19.2 Å². The third-order valence-electron chi connectivity index (χ3n) is 3.79. The van der Waals surface area contributed by atoms with Crippen LogP contribution in [0, 0.1) is 0 Å². The highest BCUT2D eigenvalue weighted by Gasteiger charge is 2.28. The van der Waals surface area contributed by atoms with Gasteiger partial charge in [-0.25, -0.2) is 4.79 Å². The van der Waals surface area contributed by atoms with Crippen molar-refractivity contribution < 1.29 is 18.6 Å². The summed E-state index contributed by atoms with van der Waals surface area (Å²) >= 11 is 0. The first-order valence-electron chi connectivity index (χ1n) is 8.28. The van der Waals surface area contributed by atoms with Gasteiger partial charge in [0.1, 0.15) is 6.61 Å². The number of hydrogen-bond acceptors (Lipinski definition) is 4. The third kappa shape index (κ3) is 4.29. The van der Waals surface area contributed by atoms with Crippen LogP contribution in [0.25, 0.3) is 0 Å². The first-order valence-corrected chi connectivity index (χ1v) is 9.90. The Balaban J connectivity index is 1.68. The van der Waals surface area contributed by atoms with Crippen LogP contribution in [0.3, 0.4) is 0 Å². The number of rotatable bonds is 7. The minimum absolute atomic E-state index is 0.0252. The summed E-state index contributed by atoms with van der Waals surface area (Å²) in [5.41, 5.74) is 0.474. The molecule has 0 saturated carbocycles. The molecule has 0 aromatic heterocycles. The Labute approximate surface area is 152 Å². The third-order valence-corrected chi connectivity index (χ3v) is 6.29. The Hall–Kier alpha value is -2.68. The van der Waals surface area contributed by atoms with E-state index < -0.39 is 13.3 Å². The zero-order valence-corrected chi connectivity index (χ0v) is 15.0. The first kappa shape index (κ1) is 18.1. The number of carbonyl (C=O) groups is 1. The molecule has 0 saturated heterocycles. The minimum Gasteiger partial charge on any atom is -0.460 e. The van der Waals surface area contributed by atoms with Crippen molar-refractivity contribution in [2.24, 2.45) is 0 Å². The van der Waals surface area contributed by atoms with Crippen LogP contribution in [0.5, 0.6) is 0 Å². The van der Waals surface area contributed by atoms with Crippen LogP contribution in [0.1, 0.15) is 10.4 Å². The van der Waals surface area contributed by atoms with Gasteiger partial charge >= 0.3 is 5.97 Å². The monoisotopic (exact) mass is 366 g/mol. The minimum atomic E-state index is -3.25. The molecule has 0 aliphatic carbocycles. The fourth-order valence-electron chi connectivity index (χ4n) is 2.50. The highest BCUT2D eigenvalue weighted by Crippen LogP contribution is 2.44. The predicted molar refractivity (Wildman–Crippen MR) is 102 cm³/mol. The van der Waals surface area contributed by atoms with Gasteiger partial charge in [-0.05, 0) is 36.4 Å². The van der Waals surface area contributed by atoms with Crippen LogP contribution in [0.15, 0.2) is 91.0 Å². The molecule has 0 unspecified atom stereocenters. The van der Waals surface area contributed by atoms with Crippen molar-refractivity contribution in [3.8, 4) is 0 Å². The van der Waals surface area contributed by atoms with Gasteiger partial charge in [-0.15, -0.1) is 0 Å². The maximum Gasteiger partial charge on any atom is 0.338 e. The normalized spacial score (nSPS) is 11.1. The molecule has 0 spiro atoms. The molecule has 0 aliphatic heterocycles. The van der Waals surface area contributed by atoms with Gasteiger partial charge in [0.2, 0.25) is 0 Å². The van der Waals surface area contributed by atoms with Gasteiger partial charge in [0.05, 0.1) is 12.2 Å². The summed E-state index contributed by atoms with van der Waals surface area (Å²) in [4.78, 5) is 12.0. The van der Waals surface area contributed by atoms with E-state index in [0.29, 0.717) is 16.2 Å². The topological polar surface area (TPSA) is 52.6 Å². The molecule has 26 heavy (non-hydrogen) atoms. The molecule has 0 radical (unpaired) electrons. The molecule has 0 atom stereocenters. The Morgan fingerprint density at radius 3 is 1.65 bits per heavy atom. The Morgan fingerprint density at radius 1 is 0.692 bits per heavy atom. The zero-order chi connectivity index (χ0) is 18.2. The number of carbonyl (C=O) groups excluding carboxylic acids is 1. The van der Waals surface area contributed by atoms with E-state index in [9.17, 15) is 9.36 Å². The Kier molecular flexibility index (Phi) is 6.00. The van der Waals surface area contributed by atoms with Crippen molar-refractivity contribution in [2.45, 2.75) is 0 Å². The summed E-state index contributed by atoms with van der Waals surface area (Å²) in [6.07, 6.45) is 0. The summed E-state index contributed by atoms with van der Waals surface area (Å²) < 4.78 is 24.5. The lowest BCUT2D eigenvalue weighted by Crippen LogP contribution is -2.20. The average molecular weight is 366 g/mol. The molecule has 0 fully saturated rings.